The molecule has 6 nitrogen and oxygen atoms in total. The predicted octanol–water partition coefficient (Wildman–Crippen LogP) is 4.04. The Hall–Kier alpha value is -1.16. The number of aliphatic imine (C=N–C) groups is 1. The van der Waals surface area contributed by atoms with Gasteiger partial charge in [-0.3, -0.25) is 4.99 Å². The van der Waals surface area contributed by atoms with Crippen LogP contribution in [-0.4, -0.2) is 23.0 Å². The van der Waals surface area contributed by atoms with Gasteiger partial charge in [-0.1, -0.05) is 34.6 Å². The summed E-state index contributed by atoms with van der Waals surface area (Å²) in [4.78, 5) is 13.1. The summed E-state index contributed by atoms with van der Waals surface area (Å²) in [6, 6.07) is 0. The van der Waals surface area contributed by atoms with E-state index in [2.05, 4.69) is 65.6 Å². The van der Waals surface area contributed by atoms with E-state index in [9.17, 15) is 0 Å². The van der Waals surface area contributed by atoms with Gasteiger partial charge >= 0.3 is 0 Å². The van der Waals surface area contributed by atoms with Crippen molar-refractivity contribution in [2.24, 2.45) is 4.99 Å². The SMILES string of the molecule is CN=C(NCc1csc(C(C)C)n1)NCc1ncc(C(C)(C)C)o1.I. The molecule has 0 atom stereocenters. The molecule has 2 aromatic rings. The molecule has 0 aliphatic carbocycles. The van der Waals surface area contributed by atoms with Crippen LogP contribution in [0.25, 0.3) is 0 Å². The Morgan fingerprint density at radius 1 is 1.28 bits per heavy atom. The first kappa shape index (κ1) is 21.9. The molecule has 0 spiro atoms. The standard InChI is InChI=1S/C17H27N5OS.HI/c1-11(2)15-22-12(10-24-15)7-20-16(18-6)21-9-14-19-8-13(23-14)17(3,4)5;/h8,10-11H,7,9H2,1-6H3,(H2,18,20,21);1H. The molecule has 25 heavy (non-hydrogen) atoms. The van der Waals surface area contributed by atoms with E-state index in [4.69, 9.17) is 4.42 Å². The lowest BCUT2D eigenvalue weighted by Crippen LogP contribution is -2.36. The molecule has 0 saturated carbocycles. The number of aromatic nitrogens is 2. The monoisotopic (exact) mass is 477 g/mol. The first-order valence-electron chi connectivity index (χ1n) is 8.13. The number of hydrogen-bond donors (Lipinski definition) is 2. The normalized spacial score (nSPS) is 12.2. The van der Waals surface area contributed by atoms with E-state index in [-0.39, 0.29) is 29.4 Å². The number of nitrogens with zero attached hydrogens (tertiary/aromatic N) is 3. The molecule has 2 rings (SSSR count). The number of thiazole rings is 1. The third kappa shape index (κ3) is 6.58. The minimum absolute atomic E-state index is 0. The fourth-order valence-corrected chi connectivity index (χ4v) is 2.80. The van der Waals surface area contributed by atoms with Crippen molar-refractivity contribution in [3.8, 4) is 0 Å². The third-order valence-electron chi connectivity index (χ3n) is 3.42. The van der Waals surface area contributed by atoms with Crippen LogP contribution in [0.5, 0.6) is 0 Å². The summed E-state index contributed by atoms with van der Waals surface area (Å²) in [6.07, 6.45) is 1.79. The van der Waals surface area contributed by atoms with E-state index < -0.39 is 0 Å². The van der Waals surface area contributed by atoms with Gasteiger partial charge < -0.3 is 15.1 Å². The van der Waals surface area contributed by atoms with Crippen molar-refractivity contribution in [2.45, 2.75) is 59.0 Å². The Morgan fingerprint density at radius 3 is 2.48 bits per heavy atom. The second-order valence-electron chi connectivity index (χ2n) is 6.98. The highest BCUT2D eigenvalue weighted by Crippen LogP contribution is 2.22. The number of oxazole rings is 1. The highest BCUT2D eigenvalue weighted by molar-refractivity contribution is 14.0. The molecule has 2 heterocycles. The Morgan fingerprint density at radius 2 is 1.96 bits per heavy atom. The number of halogens is 1. The second-order valence-corrected chi connectivity index (χ2v) is 7.87. The van der Waals surface area contributed by atoms with Crippen LogP contribution in [0, 0.1) is 0 Å². The smallest absolute Gasteiger partial charge is 0.213 e. The summed E-state index contributed by atoms with van der Waals surface area (Å²) >= 11 is 1.70. The third-order valence-corrected chi connectivity index (χ3v) is 4.62. The summed E-state index contributed by atoms with van der Waals surface area (Å²) < 4.78 is 5.77. The van der Waals surface area contributed by atoms with Gasteiger partial charge in [-0.25, -0.2) is 9.97 Å². The van der Waals surface area contributed by atoms with Gasteiger partial charge in [0.15, 0.2) is 5.96 Å². The molecule has 8 heteroatoms. The summed E-state index contributed by atoms with van der Waals surface area (Å²) in [7, 11) is 1.74. The van der Waals surface area contributed by atoms with Crippen molar-refractivity contribution in [2.75, 3.05) is 7.05 Å². The van der Waals surface area contributed by atoms with Gasteiger partial charge in [0.2, 0.25) is 5.89 Å². The van der Waals surface area contributed by atoms with Gasteiger partial charge in [0.1, 0.15) is 5.76 Å². The lowest BCUT2D eigenvalue weighted by atomic mass is 9.94. The van der Waals surface area contributed by atoms with Crippen LogP contribution >= 0.6 is 35.3 Å². The van der Waals surface area contributed by atoms with E-state index in [0.29, 0.717) is 30.9 Å². The van der Waals surface area contributed by atoms with E-state index >= 15 is 0 Å². The molecule has 0 unspecified atom stereocenters. The molecule has 0 aromatic carbocycles. The number of guanidine groups is 1. The highest BCUT2D eigenvalue weighted by atomic mass is 127. The van der Waals surface area contributed by atoms with E-state index in [0.717, 1.165) is 16.5 Å². The second kappa shape index (κ2) is 9.51. The van der Waals surface area contributed by atoms with Crippen LogP contribution in [-0.2, 0) is 18.5 Å². The van der Waals surface area contributed by atoms with Crippen molar-refractivity contribution >= 4 is 41.3 Å². The first-order chi connectivity index (χ1) is 11.3. The van der Waals surface area contributed by atoms with Crippen molar-refractivity contribution in [3.63, 3.8) is 0 Å². The number of nitrogens with one attached hydrogen (secondary N) is 2. The molecule has 0 radical (unpaired) electrons. The van der Waals surface area contributed by atoms with Gasteiger partial charge in [0, 0.05) is 23.8 Å². The quantitative estimate of drug-likeness (QED) is 0.387. The van der Waals surface area contributed by atoms with E-state index in [1.54, 1.807) is 24.6 Å². The molecule has 0 amide bonds. The maximum absolute atomic E-state index is 5.77. The van der Waals surface area contributed by atoms with Crippen LogP contribution in [0.3, 0.4) is 0 Å². The lowest BCUT2D eigenvalue weighted by molar-refractivity contribution is 0.379. The van der Waals surface area contributed by atoms with Crippen LogP contribution in [0.2, 0.25) is 0 Å². The van der Waals surface area contributed by atoms with Gasteiger partial charge in [-0.05, 0) is 0 Å². The average Bonchev–Trinajstić information content (AvgIpc) is 3.16. The van der Waals surface area contributed by atoms with Crippen LogP contribution < -0.4 is 10.6 Å². The van der Waals surface area contributed by atoms with Gasteiger partial charge in [-0.15, -0.1) is 35.3 Å². The van der Waals surface area contributed by atoms with E-state index in [1.807, 2.05) is 0 Å². The number of rotatable bonds is 5. The minimum Gasteiger partial charge on any atom is -0.443 e. The largest absolute Gasteiger partial charge is 0.443 e. The van der Waals surface area contributed by atoms with Crippen molar-refractivity contribution in [1.82, 2.24) is 20.6 Å². The molecule has 0 aliphatic heterocycles. The fourth-order valence-electron chi connectivity index (χ4n) is 1.96. The zero-order valence-corrected chi connectivity index (χ0v) is 18.9. The maximum Gasteiger partial charge on any atom is 0.213 e. The van der Waals surface area contributed by atoms with Crippen LogP contribution in [0.4, 0.5) is 0 Å². The summed E-state index contributed by atoms with van der Waals surface area (Å²) in [6.45, 7) is 11.7. The highest BCUT2D eigenvalue weighted by Gasteiger charge is 2.19. The van der Waals surface area contributed by atoms with E-state index in [1.165, 1.54) is 0 Å². The Labute approximate surface area is 171 Å². The lowest BCUT2D eigenvalue weighted by Gasteiger charge is -2.13. The molecule has 0 bridgehead atoms. The molecule has 140 valence electrons. The molecule has 0 saturated heterocycles. The van der Waals surface area contributed by atoms with Crippen LogP contribution in [0.15, 0.2) is 21.0 Å². The Balaban J connectivity index is 0.00000312. The topological polar surface area (TPSA) is 75.3 Å². The average molecular weight is 477 g/mol. The van der Waals surface area contributed by atoms with Crippen molar-refractivity contribution in [3.05, 3.63) is 33.9 Å². The summed E-state index contributed by atoms with van der Waals surface area (Å²) in [5, 5.41) is 9.71. The zero-order valence-electron chi connectivity index (χ0n) is 15.7. The molecule has 2 aromatic heterocycles. The minimum atomic E-state index is -0.0378. The number of hydrogen-bond acceptors (Lipinski definition) is 5. The predicted molar refractivity (Wildman–Crippen MR) is 114 cm³/mol. The Kier molecular flexibility index (Phi) is 8.33. The molecular formula is C17H28IN5OS. The van der Waals surface area contributed by atoms with Gasteiger partial charge in [0.05, 0.1) is 30.0 Å². The van der Waals surface area contributed by atoms with Gasteiger partial charge in [-0.2, -0.15) is 0 Å². The molecule has 0 fully saturated rings. The summed E-state index contributed by atoms with van der Waals surface area (Å²) in [5.74, 6) is 2.69. The Bertz CT molecular complexity index is 687. The maximum atomic E-state index is 5.77. The summed E-state index contributed by atoms with van der Waals surface area (Å²) in [5.41, 5.74) is 0.988. The zero-order chi connectivity index (χ0) is 17.7. The van der Waals surface area contributed by atoms with Crippen LogP contribution in [0.1, 0.15) is 62.9 Å². The molecule has 0 aliphatic rings. The molecule has 2 N–H and O–H groups in total. The van der Waals surface area contributed by atoms with Crippen molar-refractivity contribution in [1.29, 1.82) is 0 Å². The van der Waals surface area contributed by atoms with Crippen molar-refractivity contribution < 1.29 is 4.42 Å². The molecular weight excluding hydrogens is 449 g/mol. The first-order valence-corrected chi connectivity index (χ1v) is 9.01. The van der Waals surface area contributed by atoms with Gasteiger partial charge in [0.25, 0.3) is 0 Å². The fraction of sp³-hybridized carbons (Fsp3) is 0.588.